The average Bonchev–Trinajstić information content (AvgIpc) is 2.12. The predicted molar refractivity (Wildman–Crippen MR) is 67.6 cm³/mol. The Kier molecular flexibility index (Phi) is 4.29. The van der Waals surface area contributed by atoms with E-state index in [1.54, 1.807) is 0 Å². The smallest absolute Gasteiger partial charge is 0.213 e. The van der Waals surface area contributed by atoms with E-state index in [2.05, 4.69) is 0 Å². The zero-order chi connectivity index (χ0) is 12.2. The van der Waals surface area contributed by atoms with Gasteiger partial charge in [-0.3, -0.25) is 4.79 Å². The molecular weight excluding hydrogens is 372 g/mol. The van der Waals surface area contributed by atoms with Crippen LogP contribution in [0.1, 0.15) is 0 Å². The number of ketones is 1. The minimum atomic E-state index is -2.22. The maximum atomic E-state index is 11.6. The molecule has 1 saturated carbocycles. The van der Waals surface area contributed by atoms with Gasteiger partial charge in [-0.2, -0.15) is 0 Å². The summed E-state index contributed by atoms with van der Waals surface area (Å²) in [5, 5.41) is -2.49. The summed E-state index contributed by atoms with van der Waals surface area (Å²) in [7, 11) is 0. The molecule has 0 saturated heterocycles. The molecule has 0 aromatic heterocycles. The van der Waals surface area contributed by atoms with E-state index in [1.165, 1.54) is 0 Å². The Labute approximate surface area is 126 Å². The van der Waals surface area contributed by atoms with Crippen LogP contribution < -0.4 is 0 Å². The summed E-state index contributed by atoms with van der Waals surface area (Å²) in [6, 6.07) is 0. The van der Waals surface area contributed by atoms with Crippen molar-refractivity contribution in [1.29, 1.82) is 0 Å². The Bertz CT molecular complexity index is 298. The molecule has 9 heteroatoms. The molecule has 0 aromatic carbocycles. The minimum Gasteiger partial charge on any atom is -0.294 e. The van der Waals surface area contributed by atoms with E-state index in [0.717, 1.165) is 0 Å². The molecule has 0 heterocycles. The van der Waals surface area contributed by atoms with Crippen molar-refractivity contribution in [3.8, 4) is 0 Å². The van der Waals surface area contributed by atoms with Crippen molar-refractivity contribution in [1.82, 2.24) is 0 Å². The van der Waals surface area contributed by atoms with Crippen LogP contribution >= 0.6 is 92.8 Å². The highest BCUT2D eigenvalue weighted by Gasteiger charge is 2.72. The van der Waals surface area contributed by atoms with Crippen LogP contribution in [0, 0.1) is 0 Å². The molecule has 0 aromatic rings. The number of halogens is 8. The summed E-state index contributed by atoms with van der Waals surface area (Å²) in [6.07, 6.45) is 0. The van der Waals surface area contributed by atoms with E-state index in [4.69, 9.17) is 92.8 Å². The van der Waals surface area contributed by atoms with Gasteiger partial charge in [0.15, 0.2) is 14.4 Å². The van der Waals surface area contributed by atoms with Crippen LogP contribution in [0.2, 0.25) is 0 Å². The van der Waals surface area contributed by atoms with Crippen molar-refractivity contribution in [3.05, 3.63) is 0 Å². The first-order valence-electron chi connectivity index (χ1n) is 3.44. The molecule has 1 nitrogen and oxygen atoms in total. The second-order valence-electron chi connectivity index (χ2n) is 2.94. The second-order valence-corrected chi connectivity index (χ2v) is 7.92. The van der Waals surface area contributed by atoms with E-state index in [-0.39, 0.29) is 0 Å². The maximum Gasteiger partial charge on any atom is 0.213 e. The summed E-state index contributed by atoms with van der Waals surface area (Å²) in [6.45, 7) is 0. The van der Waals surface area contributed by atoms with Crippen molar-refractivity contribution in [2.24, 2.45) is 0 Å². The quantitative estimate of drug-likeness (QED) is 0.578. The van der Waals surface area contributed by atoms with Crippen molar-refractivity contribution in [2.75, 3.05) is 0 Å². The summed E-state index contributed by atoms with van der Waals surface area (Å²) in [5.74, 6) is -0.838. The number of Topliss-reactive ketones (excluding diaryl/α,β-unsaturated/α-hetero) is 1. The highest BCUT2D eigenvalue weighted by Crippen LogP contribution is 2.61. The lowest BCUT2D eigenvalue weighted by Crippen LogP contribution is -2.67. The second kappa shape index (κ2) is 4.28. The van der Waals surface area contributed by atoms with E-state index < -0.39 is 29.5 Å². The van der Waals surface area contributed by atoms with E-state index in [9.17, 15) is 4.79 Å². The summed E-state index contributed by atoms with van der Waals surface area (Å²) >= 11 is 46.1. The number of alkyl halides is 8. The largest absolute Gasteiger partial charge is 0.294 e. The molecule has 0 N–H and O–H groups in total. The highest BCUT2D eigenvalue weighted by molar-refractivity contribution is 6.77. The summed E-state index contributed by atoms with van der Waals surface area (Å²) in [5.41, 5.74) is 0. The number of carbonyl (C=O) groups is 1. The van der Waals surface area contributed by atoms with Crippen LogP contribution in [0.25, 0.3) is 0 Å². The number of rotatable bonds is 0. The standard InChI is InChI=1S/C6H2Cl8O/c7-1-2(8)4(9,10)6(13,14)5(11,12)3(1)15/h1-2H. The molecule has 88 valence electrons. The van der Waals surface area contributed by atoms with Crippen LogP contribution in [0.15, 0.2) is 0 Å². The number of hydrogen-bond donors (Lipinski definition) is 0. The molecule has 0 spiro atoms. The lowest BCUT2D eigenvalue weighted by molar-refractivity contribution is -0.120. The molecule has 0 radical (unpaired) electrons. The Morgan fingerprint density at radius 1 is 0.933 bits per heavy atom. The van der Waals surface area contributed by atoms with Gasteiger partial charge >= 0.3 is 0 Å². The molecular formula is C6H2Cl8O. The van der Waals surface area contributed by atoms with Crippen molar-refractivity contribution in [2.45, 2.75) is 23.8 Å². The van der Waals surface area contributed by atoms with Crippen LogP contribution in [0.4, 0.5) is 0 Å². The molecule has 0 amide bonds. The molecule has 1 aliphatic carbocycles. The van der Waals surface area contributed by atoms with E-state index in [0.29, 0.717) is 0 Å². The van der Waals surface area contributed by atoms with E-state index >= 15 is 0 Å². The minimum absolute atomic E-state index is 0.838. The molecule has 2 unspecified atom stereocenters. The Morgan fingerprint density at radius 3 is 1.73 bits per heavy atom. The maximum absolute atomic E-state index is 11.6. The monoisotopic (exact) mass is 370 g/mol. The summed E-state index contributed by atoms with van der Waals surface area (Å²) in [4.78, 5) is 11.6. The van der Waals surface area contributed by atoms with Gasteiger partial charge < -0.3 is 0 Å². The molecule has 15 heavy (non-hydrogen) atoms. The van der Waals surface area contributed by atoms with Crippen molar-refractivity contribution >= 4 is 98.6 Å². The fourth-order valence-corrected chi connectivity index (χ4v) is 3.69. The topological polar surface area (TPSA) is 17.1 Å². The van der Waals surface area contributed by atoms with Gasteiger partial charge in [0, 0.05) is 0 Å². The van der Waals surface area contributed by atoms with E-state index in [1.807, 2.05) is 0 Å². The predicted octanol–water partition coefficient (Wildman–Crippen LogP) is 4.31. The molecule has 0 bridgehead atoms. The van der Waals surface area contributed by atoms with Gasteiger partial charge in [0.05, 0.1) is 5.38 Å². The van der Waals surface area contributed by atoms with Crippen LogP contribution in [0.5, 0.6) is 0 Å². The molecule has 2 atom stereocenters. The van der Waals surface area contributed by atoms with Gasteiger partial charge in [0.2, 0.25) is 4.33 Å². The first-order chi connectivity index (χ1) is 6.48. The van der Waals surface area contributed by atoms with Gasteiger partial charge in [-0.1, -0.05) is 69.6 Å². The fraction of sp³-hybridized carbons (Fsp3) is 0.833. The van der Waals surface area contributed by atoms with Gasteiger partial charge in [0.25, 0.3) is 0 Å². The Balaban J connectivity index is 3.34. The first-order valence-corrected chi connectivity index (χ1v) is 6.58. The van der Waals surface area contributed by atoms with Gasteiger partial charge in [0.1, 0.15) is 5.38 Å². The fourth-order valence-electron chi connectivity index (χ4n) is 1.03. The van der Waals surface area contributed by atoms with Gasteiger partial charge in [-0.25, -0.2) is 0 Å². The number of carbonyl (C=O) groups excluding carboxylic acids is 1. The summed E-state index contributed by atoms with van der Waals surface area (Å²) < 4.78 is -6.35. The lowest BCUT2D eigenvalue weighted by atomic mass is 9.95. The van der Waals surface area contributed by atoms with Gasteiger partial charge in [-0.15, -0.1) is 23.2 Å². The Hall–Kier alpha value is 1.99. The average molecular weight is 374 g/mol. The Morgan fingerprint density at radius 2 is 1.33 bits per heavy atom. The van der Waals surface area contributed by atoms with Crippen LogP contribution in [-0.2, 0) is 4.79 Å². The molecule has 1 rings (SSSR count). The van der Waals surface area contributed by atoms with Crippen LogP contribution in [-0.4, -0.2) is 29.5 Å². The number of hydrogen-bond acceptors (Lipinski definition) is 1. The third-order valence-electron chi connectivity index (χ3n) is 1.98. The van der Waals surface area contributed by atoms with Crippen molar-refractivity contribution in [3.63, 3.8) is 0 Å². The zero-order valence-corrected chi connectivity index (χ0v) is 12.6. The van der Waals surface area contributed by atoms with Crippen LogP contribution in [0.3, 0.4) is 0 Å². The molecule has 1 aliphatic rings. The third kappa shape index (κ3) is 1.96. The van der Waals surface area contributed by atoms with Gasteiger partial charge in [-0.05, 0) is 0 Å². The zero-order valence-electron chi connectivity index (χ0n) is 6.59. The lowest BCUT2D eigenvalue weighted by Gasteiger charge is -2.48. The first kappa shape index (κ1) is 15.0. The van der Waals surface area contributed by atoms with Crippen molar-refractivity contribution < 1.29 is 4.79 Å². The molecule has 0 aliphatic heterocycles. The SMILES string of the molecule is O=C1C(Cl)C(Cl)C(Cl)(Cl)C(Cl)(Cl)C1(Cl)Cl. The third-order valence-corrected chi connectivity index (χ3v) is 7.27. The molecule has 1 fully saturated rings. The normalized spacial score (nSPS) is 37.7. The highest BCUT2D eigenvalue weighted by atomic mass is 35.5.